The molecule has 1 amide bonds. The fourth-order valence-electron chi connectivity index (χ4n) is 3.47. The van der Waals surface area contributed by atoms with Crippen LogP contribution in [0.15, 0.2) is 89.1 Å². The van der Waals surface area contributed by atoms with Crippen molar-refractivity contribution in [2.24, 2.45) is 0 Å². The van der Waals surface area contributed by atoms with E-state index in [1.165, 1.54) is 30.6 Å². The number of fused-ring (bicyclic) bond motifs is 1. The molecule has 5 nitrogen and oxygen atoms in total. The van der Waals surface area contributed by atoms with E-state index in [0.717, 1.165) is 10.8 Å². The van der Waals surface area contributed by atoms with Crippen LogP contribution in [-0.4, -0.2) is 28.0 Å². The average molecular weight is 452 g/mol. The van der Waals surface area contributed by atoms with E-state index in [1.54, 1.807) is 24.3 Å². The fraction of sp³-hybridized carbons (Fsp3) is 0.125. The molecular weight excluding hydrogens is 430 g/mol. The van der Waals surface area contributed by atoms with E-state index in [2.05, 4.69) is 5.32 Å². The third-order valence-electron chi connectivity index (χ3n) is 5.11. The van der Waals surface area contributed by atoms with Crippen molar-refractivity contribution in [3.63, 3.8) is 0 Å². The summed E-state index contributed by atoms with van der Waals surface area (Å²) >= 11 is 1.36. The maximum Gasteiger partial charge on any atom is 0.251 e. The Bertz CT molecular complexity index is 1290. The Labute approximate surface area is 185 Å². The molecule has 1 aromatic heterocycles. The summed E-state index contributed by atoms with van der Waals surface area (Å²) in [5.74, 6) is 0.277. The molecule has 0 aliphatic rings. The maximum absolute atomic E-state index is 13.4. The Morgan fingerprint density at radius 1 is 0.968 bits per heavy atom. The third-order valence-corrected chi connectivity index (χ3v) is 8.34. The molecule has 1 heterocycles. The Morgan fingerprint density at radius 3 is 2.42 bits per heavy atom. The van der Waals surface area contributed by atoms with Gasteiger partial charge in [-0.15, -0.1) is 11.3 Å². The molecule has 0 aliphatic carbocycles. The Balaban J connectivity index is 1.62. The van der Waals surface area contributed by atoms with Crippen LogP contribution in [0, 0.1) is 0 Å². The van der Waals surface area contributed by atoms with E-state index in [4.69, 9.17) is 4.74 Å². The number of amides is 1. The van der Waals surface area contributed by atoms with E-state index in [0.29, 0.717) is 16.2 Å². The zero-order chi connectivity index (χ0) is 21.8. The van der Waals surface area contributed by atoms with Crippen LogP contribution in [0.25, 0.3) is 10.8 Å². The van der Waals surface area contributed by atoms with Crippen molar-refractivity contribution in [3.8, 4) is 5.75 Å². The summed E-state index contributed by atoms with van der Waals surface area (Å²) in [6.07, 6.45) is 0. The highest BCUT2D eigenvalue weighted by Gasteiger charge is 2.30. The quantitative estimate of drug-likeness (QED) is 0.436. The highest BCUT2D eigenvalue weighted by molar-refractivity contribution is 7.91. The summed E-state index contributed by atoms with van der Waals surface area (Å²) in [6.45, 7) is -0.0308. The lowest BCUT2D eigenvalue weighted by Crippen LogP contribution is -2.31. The van der Waals surface area contributed by atoms with Gasteiger partial charge in [-0.05, 0) is 52.6 Å². The largest absolute Gasteiger partial charge is 0.497 e. The first-order valence-electron chi connectivity index (χ1n) is 9.68. The van der Waals surface area contributed by atoms with Crippen LogP contribution in [0.3, 0.4) is 0 Å². The number of carbonyl (C=O) groups excluding carboxylic acids is 1. The molecule has 0 saturated heterocycles. The molecule has 0 radical (unpaired) electrons. The number of methoxy groups -OCH3 is 1. The van der Waals surface area contributed by atoms with Crippen LogP contribution in [0.2, 0.25) is 0 Å². The van der Waals surface area contributed by atoms with E-state index in [1.807, 2.05) is 47.8 Å². The zero-order valence-corrected chi connectivity index (χ0v) is 18.4. The van der Waals surface area contributed by atoms with Crippen molar-refractivity contribution in [2.45, 2.75) is 10.1 Å². The minimum atomic E-state index is -3.73. The Hall–Kier alpha value is -3.16. The molecule has 0 bridgehead atoms. The first-order chi connectivity index (χ1) is 15.0. The number of ether oxygens (including phenoxy) is 1. The van der Waals surface area contributed by atoms with Gasteiger partial charge in [0.1, 0.15) is 11.0 Å². The average Bonchev–Trinajstić information content (AvgIpc) is 3.33. The van der Waals surface area contributed by atoms with Crippen LogP contribution in [0.5, 0.6) is 5.75 Å². The van der Waals surface area contributed by atoms with Gasteiger partial charge in [-0.2, -0.15) is 0 Å². The van der Waals surface area contributed by atoms with Gasteiger partial charge in [-0.3, -0.25) is 4.79 Å². The lowest BCUT2D eigenvalue weighted by atomic mass is 10.0. The lowest BCUT2D eigenvalue weighted by Gasteiger charge is -2.18. The van der Waals surface area contributed by atoms with Crippen LogP contribution < -0.4 is 10.1 Å². The summed E-state index contributed by atoms with van der Waals surface area (Å²) in [4.78, 5) is 13.8. The molecule has 7 heteroatoms. The molecule has 4 rings (SSSR count). The van der Waals surface area contributed by atoms with Gasteiger partial charge in [0, 0.05) is 17.0 Å². The molecule has 0 spiro atoms. The molecule has 0 aliphatic heterocycles. The predicted octanol–water partition coefficient (Wildman–Crippen LogP) is 4.85. The minimum absolute atomic E-state index is 0.0308. The van der Waals surface area contributed by atoms with Gasteiger partial charge < -0.3 is 10.1 Å². The van der Waals surface area contributed by atoms with Gasteiger partial charge >= 0.3 is 0 Å². The van der Waals surface area contributed by atoms with Crippen molar-refractivity contribution >= 4 is 37.9 Å². The molecule has 31 heavy (non-hydrogen) atoms. The summed E-state index contributed by atoms with van der Waals surface area (Å²) in [5, 5.41) is 5.57. The van der Waals surface area contributed by atoms with Gasteiger partial charge in [0.25, 0.3) is 5.91 Å². The SMILES string of the molecule is COc1ccc(S(=O)(=O)[C@H](CNC(=O)c2cccc3ccccc23)c2cccs2)cc1. The standard InChI is InChI=1S/C24H21NO4S2/c1-29-18-11-13-19(14-12-18)31(27,28)23(22-10-5-15-30-22)16-25-24(26)21-9-4-7-17-6-2-3-8-20(17)21/h2-15,23H,16H2,1H3,(H,25,26)/t23-/m1/s1. The monoisotopic (exact) mass is 451 g/mol. The van der Waals surface area contributed by atoms with Crippen LogP contribution in [0.1, 0.15) is 20.5 Å². The van der Waals surface area contributed by atoms with E-state index in [9.17, 15) is 13.2 Å². The molecule has 1 N–H and O–H groups in total. The number of carbonyl (C=O) groups is 1. The number of hydrogen-bond acceptors (Lipinski definition) is 5. The number of hydrogen-bond donors (Lipinski definition) is 1. The van der Waals surface area contributed by atoms with Gasteiger partial charge in [-0.1, -0.05) is 42.5 Å². The summed E-state index contributed by atoms with van der Waals surface area (Å²) in [6, 6.07) is 23.0. The molecule has 0 fully saturated rings. The van der Waals surface area contributed by atoms with Crippen LogP contribution >= 0.6 is 11.3 Å². The molecule has 158 valence electrons. The molecular formula is C24H21NO4S2. The van der Waals surface area contributed by atoms with Gasteiger partial charge in [0.2, 0.25) is 0 Å². The zero-order valence-electron chi connectivity index (χ0n) is 16.8. The smallest absolute Gasteiger partial charge is 0.251 e. The highest BCUT2D eigenvalue weighted by Crippen LogP contribution is 2.32. The van der Waals surface area contributed by atoms with Gasteiger partial charge in [0.15, 0.2) is 9.84 Å². The summed E-state index contributed by atoms with van der Waals surface area (Å²) < 4.78 is 31.9. The fourth-order valence-corrected chi connectivity index (χ4v) is 6.26. The van der Waals surface area contributed by atoms with Crippen molar-refractivity contribution in [3.05, 3.63) is 94.7 Å². The lowest BCUT2D eigenvalue weighted by molar-refractivity contribution is 0.0955. The predicted molar refractivity (Wildman–Crippen MR) is 124 cm³/mol. The van der Waals surface area contributed by atoms with Crippen molar-refractivity contribution in [2.75, 3.05) is 13.7 Å². The van der Waals surface area contributed by atoms with Crippen molar-refractivity contribution in [1.29, 1.82) is 0 Å². The number of thiophene rings is 1. The molecule has 4 aromatic rings. The maximum atomic E-state index is 13.4. The van der Waals surface area contributed by atoms with Crippen molar-refractivity contribution in [1.82, 2.24) is 5.32 Å². The van der Waals surface area contributed by atoms with E-state index in [-0.39, 0.29) is 17.3 Å². The second-order valence-electron chi connectivity index (χ2n) is 6.96. The van der Waals surface area contributed by atoms with Gasteiger partial charge in [0.05, 0.1) is 12.0 Å². The Morgan fingerprint density at radius 2 is 1.71 bits per heavy atom. The first kappa shape index (κ1) is 21.1. The summed E-state index contributed by atoms with van der Waals surface area (Å²) in [7, 11) is -2.20. The summed E-state index contributed by atoms with van der Waals surface area (Å²) in [5.41, 5.74) is 0.518. The number of sulfone groups is 1. The van der Waals surface area contributed by atoms with Crippen LogP contribution in [0.4, 0.5) is 0 Å². The minimum Gasteiger partial charge on any atom is -0.497 e. The molecule has 1 atom stereocenters. The molecule has 0 saturated carbocycles. The third kappa shape index (κ3) is 4.33. The normalized spacial score (nSPS) is 12.4. The number of benzene rings is 3. The first-order valence-corrected chi connectivity index (χ1v) is 12.1. The topological polar surface area (TPSA) is 72.5 Å². The number of nitrogens with one attached hydrogen (secondary N) is 1. The van der Waals surface area contributed by atoms with Crippen LogP contribution in [-0.2, 0) is 9.84 Å². The van der Waals surface area contributed by atoms with E-state index < -0.39 is 15.1 Å². The Kier molecular flexibility index (Phi) is 6.06. The number of rotatable bonds is 7. The van der Waals surface area contributed by atoms with E-state index >= 15 is 0 Å². The molecule has 0 unspecified atom stereocenters. The van der Waals surface area contributed by atoms with Crippen molar-refractivity contribution < 1.29 is 17.9 Å². The highest BCUT2D eigenvalue weighted by atomic mass is 32.2. The second kappa shape index (κ2) is 8.91. The molecule has 3 aromatic carbocycles. The van der Waals surface area contributed by atoms with Gasteiger partial charge in [-0.25, -0.2) is 8.42 Å². The second-order valence-corrected chi connectivity index (χ2v) is 10.1.